The van der Waals surface area contributed by atoms with E-state index in [2.05, 4.69) is 15.6 Å². The van der Waals surface area contributed by atoms with Gasteiger partial charge in [0, 0.05) is 23.0 Å². The normalized spacial score (nSPS) is 10.2. The highest BCUT2D eigenvalue weighted by atomic mass is 16.5. The molecule has 0 fully saturated rings. The molecule has 28 heavy (non-hydrogen) atoms. The van der Waals surface area contributed by atoms with Crippen LogP contribution >= 0.6 is 0 Å². The summed E-state index contributed by atoms with van der Waals surface area (Å²) in [6.07, 6.45) is 1.56. The number of hydrogen-bond donors (Lipinski definition) is 2. The molecule has 0 spiro atoms. The first-order chi connectivity index (χ1) is 13.6. The molecule has 0 saturated carbocycles. The van der Waals surface area contributed by atoms with E-state index in [1.165, 1.54) is 6.92 Å². The van der Waals surface area contributed by atoms with Crippen LogP contribution in [0.5, 0.6) is 5.75 Å². The Hall–Kier alpha value is -3.67. The Kier molecular flexibility index (Phi) is 6.01. The number of anilines is 3. The Morgan fingerprint density at radius 2 is 1.82 bits per heavy atom. The molecule has 0 aliphatic carbocycles. The van der Waals surface area contributed by atoms with E-state index in [1.807, 2.05) is 25.1 Å². The molecule has 0 radical (unpaired) electrons. The summed E-state index contributed by atoms with van der Waals surface area (Å²) in [4.78, 5) is 28.4. The van der Waals surface area contributed by atoms with Crippen molar-refractivity contribution in [2.24, 2.45) is 0 Å². The second-order valence-electron chi connectivity index (χ2n) is 6.08. The van der Waals surface area contributed by atoms with Gasteiger partial charge in [-0.15, -0.1) is 0 Å². The number of carbonyl (C=O) groups is 2. The number of benzene rings is 2. The minimum absolute atomic E-state index is 0.0160. The Bertz CT molecular complexity index is 1000. The number of hydrogen-bond acceptors (Lipinski definition) is 5. The number of nitrogens with one attached hydrogen (secondary N) is 2. The van der Waals surface area contributed by atoms with E-state index in [4.69, 9.17) is 4.74 Å². The monoisotopic (exact) mass is 375 g/mol. The summed E-state index contributed by atoms with van der Waals surface area (Å²) in [6, 6.07) is 17.7. The molecule has 2 N–H and O–H groups in total. The minimum Gasteiger partial charge on any atom is -0.492 e. The summed E-state index contributed by atoms with van der Waals surface area (Å²) in [6.45, 7) is 3.92. The van der Waals surface area contributed by atoms with E-state index in [9.17, 15) is 9.59 Å². The summed E-state index contributed by atoms with van der Waals surface area (Å²) in [5.41, 5.74) is 2.38. The van der Waals surface area contributed by atoms with Crippen LogP contribution in [0.4, 0.5) is 17.2 Å². The van der Waals surface area contributed by atoms with E-state index >= 15 is 0 Å². The molecule has 0 aliphatic rings. The smallest absolute Gasteiger partial charge is 0.255 e. The second-order valence-corrected chi connectivity index (χ2v) is 6.08. The third-order valence-electron chi connectivity index (χ3n) is 4.00. The second kappa shape index (κ2) is 8.81. The molecule has 0 atom stereocenters. The summed E-state index contributed by atoms with van der Waals surface area (Å²) in [5.74, 6) is 0.839. The molecule has 1 amide bonds. The quantitative estimate of drug-likeness (QED) is 0.586. The van der Waals surface area contributed by atoms with Gasteiger partial charge in [0.1, 0.15) is 11.6 Å². The maximum Gasteiger partial charge on any atom is 0.255 e. The van der Waals surface area contributed by atoms with Crippen LogP contribution in [0.2, 0.25) is 0 Å². The van der Waals surface area contributed by atoms with Crippen molar-refractivity contribution in [3.05, 3.63) is 78.0 Å². The number of ketones is 1. The number of amides is 1. The van der Waals surface area contributed by atoms with Crippen molar-refractivity contribution in [1.29, 1.82) is 0 Å². The molecule has 0 unspecified atom stereocenters. The number of pyridine rings is 1. The first-order valence-corrected chi connectivity index (χ1v) is 8.94. The van der Waals surface area contributed by atoms with Crippen molar-refractivity contribution in [1.82, 2.24) is 4.98 Å². The van der Waals surface area contributed by atoms with Crippen molar-refractivity contribution in [3.8, 4) is 5.75 Å². The first kappa shape index (κ1) is 19.1. The van der Waals surface area contributed by atoms with Gasteiger partial charge in [-0.25, -0.2) is 4.98 Å². The van der Waals surface area contributed by atoms with Crippen molar-refractivity contribution in [3.63, 3.8) is 0 Å². The lowest BCUT2D eigenvalue weighted by Crippen LogP contribution is -2.13. The van der Waals surface area contributed by atoms with E-state index in [0.717, 1.165) is 5.69 Å². The zero-order chi connectivity index (χ0) is 19.9. The molecule has 3 aromatic rings. The Morgan fingerprint density at radius 3 is 2.61 bits per heavy atom. The average Bonchev–Trinajstić information content (AvgIpc) is 2.70. The van der Waals surface area contributed by atoms with Gasteiger partial charge in [0.2, 0.25) is 0 Å². The van der Waals surface area contributed by atoms with Crippen LogP contribution in [0.15, 0.2) is 66.9 Å². The number of rotatable bonds is 7. The Labute approximate surface area is 163 Å². The average molecular weight is 375 g/mol. The molecule has 6 heteroatoms. The van der Waals surface area contributed by atoms with Crippen LogP contribution in [-0.2, 0) is 0 Å². The lowest BCUT2D eigenvalue weighted by molar-refractivity contribution is 0.101. The zero-order valence-corrected chi connectivity index (χ0v) is 15.7. The Morgan fingerprint density at radius 1 is 1.00 bits per heavy atom. The fourth-order valence-corrected chi connectivity index (χ4v) is 2.65. The fourth-order valence-electron chi connectivity index (χ4n) is 2.65. The van der Waals surface area contributed by atoms with E-state index < -0.39 is 0 Å². The molecular weight excluding hydrogens is 354 g/mol. The van der Waals surface area contributed by atoms with Crippen molar-refractivity contribution in [2.75, 3.05) is 17.2 Å². The highest BCUT2D eigenvalue weighted by Crippen LogP contribution is 2.24. The number of nitrogens with zero attached hydrogens (tertiary/aromatic N) is 1. The summed E-state index contributed by atoms with van der Waals surface area (Å²) in [7, 11) is 0. The van der Waals surface area contributed by atoms with Crippen LogP contribution in [0, 0.1) is 0 Å². The van der Waals surface area contributed by atoms with Crippen LogP contribution in [-0.4, -0.2) is 23.3 Å². The molecule has 1 heterocycles. The topological polar surface area (TPSA) is 80.3 Å². The number of carbonyl (C=O) groups excluding carboxylic acids is 2. The van der Waals surface area contributed by atoms with Gasteiger partial charge in [0.25, 0.3) is 5.91 Å². The number of Topliss-reactive ketones (excluding diaryl/α,β-unsaturated/α-hetero) is 1. The molecule has 3 rings (SSSR count). The van der Waals surface area contributed by atoms with Crippen molar-refractivity contribution < 1.29 is 14.3 Å². The summed E-state index contributed by atoms with van der Waals surface area (Å²) < 4.78 is 5.54. The molecule has 0 saturated heterocycles. The number of aromatic nitrogens is 1. The van der Waals surface area contributed by atoms with Gasteiger partial charge in [-0.05, 0) is 50.2 Å². The molecule has 142 valence electrons. The van der Waals surface area contributed by atoms with Gasteiger partial charge in [-0.2, -0.15) is 0 Å². The molecule has 1 aromatic heterocycles. The SMILES string of the molecule is CCOc1ccccc1NC(=O)c1ccnc(Nc2cccc(C(C)=O)c2)c1. The van der Waals surface area contributed by atoms with Gasteiger partial charge in [-0.1, -0.05) is 24.3 Å². The minimum atomic E-state index is -0.268. The third-order valence-corrected chi connectivity index (χ3v) is 4.00. The fraction of sp³-hybridized carbons (Fsp3) is 0.136. The van der Waals surface area contributed by atoms with E-state index in [0.29, 0.717) is 35.0 Å². The predicted octanol–water partition coefficient (Wildman–Crippen LogP) is 4.68. The van der Waals surface area contributed by atoms with Crippen LogP contribution in [0.1, 0.15) is 34.6 Å². The lowest BCUT2D eigenvalue weighted by Gasteiger charge is -2.12. The van der Waals surface area contributed by atoms with Gasteiger partial charge in [0.05, 0.1) is 12.3 Å². The van der Waals surface area contributed by atoms with Gasteiger partial charge >= 0.3 is 0 Å². The van der Waals surface area contributed by atoms with Gasteiger partial charge < -0.3 is 15.4 Å². The highest BCUT2D eigenvalue weighted by Gasteiger charge is 2.11. The van der Waals surface area contributed by atoms with E-state index in [1.54, 1.807) is 48.7 Å². The molecule has 0 aliphatic heterocycles. The molecule has 0 bridgehead atoms. The molecule has 2 aromatic carbocycles. The zero-order valence-electron chi connectivity index (χ0n) is 15.7. The number of para-hydroxylation sites is 2. The van der Waals surface area contributed by atoms with Crippen molar-refractivity contribution >= 4 is 28.9 Å². The summed E-state index contributed by atoms with van der Waals surface area (Å²) >= 11 is 0. The van der Waals surface area contributed by atoms with Crippen LogP contribution in [0.3, 0.4) is 0 Å². The summed E-state index contributed by atoms with van der Waals surface area (Å²) in [5, 5.41) is 5.98. The highest BCUT2D eigenvalue weighted by molar-refractivity contribution is 6.05. The molecule has 6 nitrogen and oxygen atoms in total. The predicted molar refractivity (Wildman–Crippen MR) is 110 cm³/mol. The van der Waals surface area contributed by atoms with Crippen LogP contribution in [0.25, 0.3) is 0 Å². The van der Waals surface area contributed by atoms with Crippen molar-refractivity contribution in [2.45, 2.75) is 13.8 Å². The lowest BCUT2D eigenvalue weighted by atomic mass is 10.1. The van der Waals surface area contributed by atoms with E-state index in [-0.39, 0.29) is 11.7 Å². The van der Waals surface area contributed by atoms with Gasteiger partial charge in [0.15, 0.2) is 5.78 Å². The van der Waals surface area contributed by atoms with Gasteiger partial charge in [-0.3, -0.25) is 9.59 Å². The Balaban J connectivity index is 1.77. The largest absolute Gasteiger partial charge is 0.492 e. The third kappa shape index (κ3) is 4.73. The standard InChI is InChI=1S/C22H21N3O3/c1-3-28-20-10-5-4-9-19(20)25-22(27)17-11-12-23-21(14-17)24-18-8-6-7-16(13-18)15(2)26/h4-14H,3H2,1-2H3,(H,23,24)(H,25,27). The van der Waals surface area contributed by atoms with Crippen LogP contribution < -0.4 is 15.4 Å². The maximum atomic E-state index is 12.7. The first-order valence-electron chi connectivity index (χ1n) is 8.94. The maximum absolute atomic E-state index is 12.7. The molecular formula is C22H21N3O3. The number of ether oxygens (including phenoxy) is 1.